The van der Waals surface area contributed by atoms with Gasteiger partial charge in [-0.05, 0) is 56.3 Å². The Morgan fingerprint density at radius 1 is 1.15 bits per heavy atom. The van der Waals surface area contributed by atoms with Crippen molar-refractivity contribution in [1.82, 2.24) is 4.90 Å². The molecule has 1 aromatic carbocycles. The molecule has 0 unspecified atom stereocenters. The Morgan fingerprint density at radius 3 is 2.45 bits per heavy atom. The van der Waals surface area contributed by atoms with Gasteiger partial charge in [-0.3, -0.25) is 4.90 Å². The third-order valence-corrected chi connectivity index (χ3v) is 4.14. The largest absolute Gasteiger partial charge is 0.328 e. The molecule has 20 heavy (non-hydrogen) atoms. The molecule has 112 valence electrons. The van der Waals surface area contributed by atoms with Crippen LogP contribution in [-0.4, -0.2) is 23.5 Å². The second kappa shape index (κ2) is 7.14. The van der Waals surface area contributed by atoms with Crippen LogP contribution in [0.3, 0.4) is 0 Å². The van der Waals surface area contributed by atoms with Crippen molar-refractivity contribution in [3.63, 3.8) is 0 Å². The van der Waals surface area contributed by atoms with Crippen LogP contribution in [0.1, 0.15) is 44.6 Å². The highest BCUT2D eigenvalue weighted by Crippen LogP contribution is 2.24. The lowest BCUT2D eigenvalue weighted by Gasteiger charge is -2.36. The fourth-order valence-electron chi connectivity index (χ4n) is 3.02. The van der Waals surface area contributed by atoms with Crippen LogP contribution in [0, 0.1) is 11.6 Å². The lowest BCUT2D eigenvalue weighted by atomic mass is 9.90. The molecule has 0 radical (unpaired) electrons. The molecule has 1 fully saturated rings. The van der Waals surface area contributed by atoms with Crippen molar-refractivity contribution in [1.29, 1.82) is 0 Å². The standard InChI is InChI=1S/C16H24F2N2/c1-2-9-20(14-6-4-13(19)5-7-14)11-12-3-8-15(17)16(18)10-12/h3,8,10,13-14H,2,4-7,9,11,19H2,1H3. The smallest absolute Gasteiger partial charge is 0.159 e. The first-order chi connectivity index (χ1) is 9.60. The summed E-state index contributed by atoms with van der Waals surface area (Å²) in [5, 5.41) is 0. The highest BCUT2D eigenvalue weighted by atomic mass is 19.2. The van der Waals surface area contributed by atoms with Gasteiger partial charge < -0.3 is 5.73 Å². The van der Waals surface area contributed by atoms with Gasteiger partial charge >= 0.3 is 0 Å². The molecule has 2 nitrogen and oxygen atoms in total. The van der Waals surface area contributed by atoms with Crippen molar-refractivity contribution in [2.24, 2.45) is 5.73 Å². The van der Waals surface area contributed by atoms with Gasteiger partial charge in [-0.2, -0.15) is 0 Å². The van der Waals surface area contributed by atoms with Crippen molar-refractivity contribution < 1.29 is 8.78 Å². The average molecular weight is 282 g/mol. The van der Waals surface area contributed by atoms with E-state index in [0.29, 0.717) is 18.6 Å². The molecule has 1 aliphatic rings. The quantitative estimate of drug-likeness (QED) is 0.896. The number of hydrogen-bond acceptors (Lipinski definition) is 2. The van der Waals surface area contributed by atoms with E-state index in [-0.39, 0.29) is 0 Å². The van der Waals surface area contributed by atoms with E-state index in [1.54, 1.807) is 6.07 Å². The summed E-state index contributed by atoms with van der Waals surface area (Å²) in [4.78, 5) is 2.39. The minimum atomic E-state index is -0.778. The van der Waals surface area contributed by atoms with E-state index in [0.717, 1.165) is 44.2 Å². The van der Waals surface area contributed by atoms with E-state index in [4.69, 9.17) is 5.73 Å². The van der Waals surface area contributed by atoms with Gasteiger partial charge in [0.1, 0.15) is 0 Å². The van der Waals surface area contributed by atoms with Gasteiger partial charge in [0, 0.05) is 18.6 Å². The van der Waals surface area contributed by atoms with E-state index in [9.17, 15) is 8.78 Å². The van der Waals surface area contributed by atoms with Crippen molar-refractivity contribution in [3.05, 3.63) is 35.4 Å². The van der Waals surface area contributed by atoms with Crippen LogP contribution < -0.4 is 5.73 Å². The number of halogens is 2. The van der Waals surface area contributed by atoms with Crippen LogP contribution in [0.4, 0.5) is 8.78 Å². The minimum Gasteiger partial charge on any atom is -0.328 e. The number of hydrogen-bond donors (Lipinski definition) is 1. The van der Waals surface area contributed by atoms with Crippen LogP contribution >= 0.6 is 0 Å². The fourth-order valence-corrected chi connectivity index (χ4v) is 3.02. The SMILES string of the molecule is CCCN(Cc1ccc(F)c(F)c1)C1CCC(N)CC1. The first kappa shape index (κ1) is 15.4. The number of rotatable bonds is 5. The van der Waals surface area contributed by atoms with Crippen LogP contribution in [-0.2, 0) is 6.54 Å². The monoisotopic (exact) mass is 282 g/mol. The van der Waals surface area contributed by atoms with Crippen molar-refractivity contribution in [2.45, 2.75) is 57.7 Å². The summed E-state index contributed by atoms with van der Waals surface area (Å²) in [7, 11) is 0. The first-order valence-electron chi connectivity index (χ1n) is 7.53. The Kier molecular flexibility index (Phi) is 5.49. The number of benzene rings is 1. The molecular weight excluding hydrogens is 258 g/mol. The average Bonchev–Trinajstić information content (AvgIpc) is 2.43. The summed E-state index contributed by atoms with van der Waals surface area (Å²) in [5.74, 6) is -1.54. The fraction of sp³-hybridized carbons (Fsp3) is 0.625. The van der Waals surface area contributed by atoms with Crippen molar-refractivity contribution in [2.75, 3.05) is 6.54 Å². The van der Waals surface area contributed by atoms with Gasteiger partial charge in [-0.15, -0.1) is 0 Å². The van der Waals surface area contributed by atoms with Crippen LogP contribution in [0.2, 0.25) is 0 Å². The second-order valence-corrected chi connectivity index (χ2v) is 5.79. The molecule has 1 aliphatic carbocycles. The summed E-state index contributed by atoms with van der Waals surface area (Å²) in [6.07, 6.45) is 5.38. The maximum atomic E-state index is 13.3. The van der Waals surface area contributed by atoms with Gasteiger partial charge in [0.25, 0.3) is 0 Å². The molecule has 2 N–H and O–H groups in total. The predicted molar refractivity (Wildman–Crippen MR) is 77.3 cm³/mol. The summed E-state index contributed by atoms with van der Waals surface area (Å²) >= 11 is 0. The van der Waals surface area contributed by atoms with Gasteiger partial charge in [-0.25, -0.2) is 8.78 Å². The second-order valence-electron chi connectivity index (χ2n) is 5.79. The maximum absolute atomic E-state index is 13.3. The molecule has 0 atom stereocenters. The van der Waals surface area contributed by atoms with E-state index in [1.165, 1.54) is 12.1 Å². The summed E-state index contributed by atoms with van der Waals surface area (Å²) < 4.78 is 26.3. The van der Waals surface area contributed by atoms with E-state index in [1.807, 2.05) is 0 Å². The van der Waals surface area contributed by atoms with Gasteiger partial charge in [0.2, 0.25) is 0 Å². The highest BCUT2D eigenvalue weighted by Gasteiger charge is 2.24. The molecule has 4 heteroatoms. The van der Waals surface area contributed by atoms with Gasteiger partial charge in [0.05, 0.1) is 0 Å². The van der Waals surface area contributed by atoms with Crippen LogP contribution in [0.5, 0.6) is 0 Å². The molecule has 0 bridgehead atoms. The van der Waals surface area contributed by atoms with E-state index >= 15 is 0 Å². The molecule has 0 heterocycles. The topological polar surface area (TPSA) is 29.3 Å². The van der Waals surface area contributed by atoms with Gasteiger partial charge in [0.15, 0.2) is 11.6 Å². The predicted octanol–water partition coefficient (Wildman–Crippen LogP) is 3.45. The third-order valence-electron chi connectivity index (χ3n) is 4.14. The molecule has 2 rings (SSSR count). The summed E-state index contributed by atoms with van der Waals surface area (Å²) in [6.45, 7) is 3.82. The Bertz CT molecular complexity index is 428. The molecule has 0 aromatic heterocycles. The van der Waals surface area contributed by atoms with Crippen LogP contribution in [0.25, 0.3) is 0 Å². The maximum Gasteiger partial charge on any atom is 0.159 e. The van der Waals surface area contributed by atoms with Gasteiger partial charge in [-0.1, -0.05) is 13.0 Å². The first-order valence-corrected chi connectivity index (χ1v) is 7.53. The molecule has 1 aromatic rings. The Labute approximate surface area is 120 Å². The minimum absolute atomic E-state index is 0.331. The molecule has 0 saturated heterocycles. The number of nitrogens with two attached hydrogens (primary N) is 1. The lowest BCUT2D eigenvalue weighted by Crippen LogP contribution is -2.40. The van der Waals surface area contributed by atoms with E-state index < -0.39 is 11.6 Å². The van der Waals surface area contributed by atoms with Crippen LogP contribution in [0.15, 0.2) is 18.2 Å². The zero-order valence-corrected chi connectivity index (χ0v) is 12.1. The van der Waals surface area contributed by atoms with E-state index in [2.05, 4.69) is 11.8 Å². The Morgan fingerprint density at radius 2 is 1.85 bits per heavy atom. The number of nitrogens with zero attached hydrogens (tertiary/aromatic N) is 1. The lowest BCUT2D eigenvalue weighted by molar-refractivity contribution is 0.142. The summed E-state index contributed by atoms with van der Waals surface area (Å²) in [5.41, 5.74) is 6.79. The zero-order valence-electron chi connectivity index (χ0n) is 12.1. The molecular formula is C16H24F2N2. The Hall–Kier alpha value is -1.00. The normalized spacial score (nSPS) is 23.2. The molecule has 1 saturated carbocycles. The van der Waals surface area contributed by atoms with Crippen molar-refractivity contribution >= 4 is 0 Å². The molecule has 0 amide bonds. The Balaban J connectivity index is 2.02. The summed E-state index contributed by atoms with van der Waals surface area (Å²) in [6, 6.07) is 5.05. The molecule has 0 spiro atoms. The third kappa shape index (κ3) is 4.00. The zero-order chi connectivity index (χ0) is 14.5. The highest BCUT2D eigenvalue weighted by molar-refractivity contribution is 5.17. The van der Waals surface area contributed by atoms with Crippen molar-refractivity contribution in [3.8, 4) is 0 Å². The molecule has 0 aliphatic heterocycles.